The van der Waals surface area contributed by atoms with Crippen molar-refractivity contribution in [3.63, 3.8) is 0 Å². The summed E-state index contributed by atoms with van der Waals surface area (Å²) >= 11 is 0. The number of hydrogen-bond acceptors (Lipinski definition) is 17. The number of ketones is 1. The van der Waals surface area contributed by atoms with E-state index in [2.05, 4.69) is 53.6 Å². The van der Waals surface area contributed by atoms with E-state index in [1.54, 1.807) is 40.2 Å². The van der Waals surface area contributed by atoms with Crippen molar-refractivity contribution < 1.29 is 52.8 Å². The van der Waals surface area contributed by atoms with Crippen molar-refractivity contribution in [3.05, 3.63) is 95.6 Å². The molecule has 2 saturated carbocycles. The van der Waals surface area contributed by atoms with Gasteiger partial charge in [0.15, 0.2) is 0 Å². The fourth-order valence-electron chi connectivity index (χ4n) is 10.2. The summed E-state index contributed by atoms with van der Waals surface area (Å²) in [6.07, 6.45) is 10.2. The summed E-state index contributed by atoms with van der Waals surface area (Å²) in [5.74, 6) is -1.15. The molecule has 4 fully saturated rings. The highest BCUT2D eigenvalue weighted by Crippen LogP contribution is 2.37. The number of carbonyl (C=O) groups is 4. The summed E-state index contributed by atoms with van der Waals surface area (Å²) < 4.78 is 41.9. The predicted molar refractivity (Wildman–Crippen MR) is 319 cm³/mol. The van der Waals surface area contributed by atoms with Crippen LogP contribution in [-0.2, 0) is 19.1 Å². The van der Waals surface area contributed by atoms with Crippen LogP contribution in [0.1, 0.15) is 131 Å². The first-order chi connectivity index (χ1) is 40.3. The lowest BCUT2D eigenvalue weighted by Gasteiger charge is -2.38. The van der Waals surface area contributed by atoms with Crippen molar-refractivity contribution in [2.24, 2.45) is 22.5 Å². The quantitative estimate of drug-likeness (QED) is 0.0416. The van der Waals surface area contributed by atoms with Crippen LogP contribution in [0.25, 0.3) is 33.8 Å². The number of carboxylic acid groups (broad SMARTS) is 1. The number of carboxylic acids is 1. The highest BCUT2D eigenvalue weighted by Gasteiger charge is 2.42. The number of pyridine rings is 2. The molecule has 0 spiro atoms. The van der Waals surface area contributed by atoms with Crippen LogP contribution in [0.2, 0.25) is 0 Å². The number of Topliss-reactive ketones (excluding diaryl/α,β-unsaturated/α-hetero) is 1. The van der Waals surface area contributed by atoms with Gasteiger partial charge in [-0.1, -0.05) is 0 Å². The maximum absolute atomic E-state index is 14.4. The Balaban J connectivity index is 0.000000218. The topological polar surface area (TPSA) is 330 Å². The van der Waals surface area contributed by atoms with E-state index in [0.29, 0.717) is 84.0 Å². The van der Waals surface area contributed by atoms with Crippen LogP contribution in [0, 0.1) is 39.4 Å². The Labute approximate surface area is 503 Å². The minimum Gasteiger partial charge on any atom is -0.481 e. The van der Waals surface area contributed by atoms with E-state index in [0.717, 1.165) is 62.4 Å². The highest BCUT2D eigenvalue weighted by molar-refractivity contribution is 6.01. The number of hydrogen-bond donors (Lipinski definition) is 8. The summed E-state index contributed by atoms with van der Waals surface area (Å²) in [4.78, 5) is 58.1. The number of nitrogens with one attached hydrogen (secondary N) is 4. The first-order valence-corrected chi connectivity index (χ1v) is 28.5. The number of nitriles is 2. The molecule has 2 saturated heterocycles. The molecule has 0 radical (unpaired) electrons. The largest absolute Gasteiger partial charge is 0.481 e. The van der Waals surface area contributed by atoms with Crippen LogP contribution in [0.4, 0.5) is 20.2 Å². The fourth-order valence-corrected chi connectivity index (χ4v) is 10.2. The summed E-state index contributed by atoms with van der Waals surface area (Å²) in [6.45, 7) is 10.1. The third kappa shape index (κ3) is 16.0. The zero-order chi connectivity index (χ0) is 61.4. The molecule has 25 heteroatoms. The van der Waals surface area contributed by atoms with Crippen LogP contribution in [0.15, 0.2) is 73.3 Å². The van der Waals surface area contributed by atoms with E-state index in [-0.39, 0.29) is 65.9 Å². The van der Waals surface area contributed by atoms with Crippen molar-refractivity contribution in [2.45, 2.75) is 141 Å². The van der Waals surface area contributed by atoms with E-state index in [4.69, 9.17) is 25.6 Å². The Morgan fingerprint density at radius 3 is 1.43 bits per heavy atom. The number of aliphatic hydroxyl groups is 2. The van der Waals surface area contributed by atoms with E-state index in [9.17, 15) is 43.4 Å². The number of amides is 2. The number of aliphatic carboxylic acids is 1. The van der Waals surface area contributed by atoms with Gasteiger partial charge in [0.25, 0.3) is 11.8 Å². The lowest BCUT2D eigenvalue weighted by Crippen LogP contribution is -2.47. The van der Waals surface area contributed by atoms with Gasteiger partial charge in [0.2, 0.25) is 0 Å². The number of halogens is 3. The first kappa shape index (κ1) is 65.8. The first-order valence-electron chi connectivity index (χ1n) is 28.5. The monoisotopic (exact) mass is 1210 g/mol. The van der Waals surface area contributed by atoms with Gasteiger partial charge in [-0.05, 0) is 147 Å². The Hall–Kier alpha value is -7.71. The molecule has 2 aliphatic carbocycles. The molecular weight excluding hydrogens is 1130 g/mol. The highest BCUT2D eigenvalue weighted by atomic mass is 35.5. The van der Waals surface area contributed by atoms with Crippen molar-refractivity contribution >= 4 is 58.4 Å². The van der Waals surface area contributed by atoms with Crippen LogP contribution in [-0.4, -0.2) is 149 Å². The van der Waals surface area contributed by atoms with E-state index >= 15 is 0 Å². The van der Waals surface area contributed by atoms with Gasteiger partial charge in [0.1, 0.15) is 35.7 Å². The number of aromatic nitrogens is 6. The summed E-state index contributed by atoms with van der Waals surface area (Å²) in [6, 6.07) is 19.0. The molecule has 0 unspecified atom stereocenters. The molecule has 9 N–H and O–H groups in total. The maximum atomic E-state index is 14.4. The summed E-state index contributed by atoms with van der Waals surface area (Å²) in [5, 5.41) is 67.4. The average molecular weight is 1210 g/mol. The predicted octanol–water partition coefficient (Wildman–Crippen LogP) is 7.39. The Morgan fingerprint density at radius 2 is 1.08 bits per heavy atom. The lowest BCUT2D eigenvalue weighted by atomic mass is 9.76. The van der Waals surface area contributed by atoms with Crippen LogP contribution >= 0.6 is 12.4 Å². The number of nitrogens with zero attached hydrogens (tertiary/aromatic N) is 8. The van der Waals surface area contributed by atoms with Crippen molar-refractivity contribution in [1.82, 2.24) is 39.8 Å². The van der Waals surface area contributed by atoms with Gasteiger partial charge < -0.3 is 51.8 Å². The maximum Gasteiger partial charge on any atom is 0.314 e. The number of fused-ring (bicyclic) bond motifs is 2. The minimum absolute atomic E-state index is 0. The molecule has 0 bridgehead atoms. The third-order valence-electron chi connectivity index (χ3n) is 16.2. The average Bonchev–Trinajstić information content (AvgIpc) is 1.90. The van der Waals surface area contributed by atoms with Gasteiger partial charge in [-0.25, -0.2) is 17.8 Å². The molecule has 0 aromatic carbocycles. The van der Waals surface area contributed by atoms with Crippen molar-refractivity contribution in [1.29, 1.82) is 10.5 Å². The molecule has 2 aliphatic heterocycles. The van der Waals surface area contributed by atoms with Crippen LogP contribution in [0.5, 0.6) is 0 Å². The Bertz CT molecular complexity index is 3470. The number of anilines is 2. The second kappa shape index (κ2) is 27.8. The second-order valence-corrected chi connectivity index (χ2v) is 24.4. The van der Waals surface area contributed by atoms with Crippen molar-refractivity contribution in [2.75, 3.05) is 50.2 Å². The Morgan fingerprint density at radius 1 is 0.674 bits per heavy atom. The van der Waals surface area contributed by atoms with Crippen LogP contribution in [0.3, 0.4) is 0 Å². The molecule has 6 aromatic rings. The van der Waals surface area contributed by atoms with E-state index in [1.807, 2.05) is 31.2 Å². The molecule has 2 atom stereocenters. The van der Waals surface area contributed by atoms with Crippen molar-refractivity contribution in [3.8, 4) is 34.9 Å². The molecule has 6 aromatic heterocycles. The summed E-state index contributed by atoms with van der Waals surface area (Å²) in [7, 11) is 0. The zero-order valence-corrected chi connectivity index (χ0v) is 49.9. The number of alkyl halides is 2. The second-order valence-electron chi connectivity index (χ2n) is 24.4. The molecule has 10 rings (SSSR count). The van der Waals surface area contributed by atoms with Gasteiger partial charge >= 0.3 is 5.97 Å². The molecular formula is C61H76ClF2N13O9. The SMILES string of the molecule is CC(C)(O)[C@H](F)CNC(=O)c1cnc(-c2ccc3cc(C#N)cnn23)cc1NC1CCC(N)CC1.CC1(C(=O)CC2CCC(Nc3cc(-c4ccc5cc(C#N)cnn45)ncc3C(=O)NC[C@@H](F)C(C)(C)O)CC2)COC1.CC1(C(=O)O)COC1.Cl. The van der Waals surface area contributed by atoms with E-state index < -0.39 is 46.7 Å². The van der Waals surface area contributed by atoms with Gasteiger partial charge in [0, 0.05) is 36.9 Å². The molecule has 4 aliphatic rings. The van der Waals surface area contributed by atoms with Crippen LogP contribution < -0.4 is 27.0 Å². The molecule has 2 amide bonds. The minimum atomic E-state index is -1.65. The number of rotatable bonds is 18. The smallest absolute Gasteiger partial charge is 0.314 e. The molecule has 86 heavy (non-hydrogen) atoms. The molecule has 460 valence electrons. The number of nitrogens with two attached hydrogens (primary N) is 1. The zero-order valence-electron chi connectivity index (χ0n) is 49.1. The Kier molecular flexibility index (Phi) is 21.3. The molecule has 8 heterocycles. The van der Waals surface area contributed by atoms with Gasteiger partial charge in [-0.15, -0.1) is 12.4 Å². The summed E-state index contributed by atoms with van der Waals surface area (Å²) in [5.41, 5.74) is 8.58. The number of ether oxygens (including phenoxy) is 2. The lowest BCUT2D eigenvalue weighted by molar-refractivity contribution is -0.175. The standard InChI is InChI=1S/C31H37FN6O4.C25H30FN7O2.C5H8O3.ClH/c1-30(2,41)27(32)16-35-29(40)23-15-34-25(26-9-8-22-10-20(13-33)14-36-38(22)26)12-24(23)37-21-6-4-19(5-7-21)11-28(39)31(3)17-42-18-31;1-25(2,35)23(26)14-30-24(34)19-13-29-21(10-20(19)32-17-5-3-16(28)4-6-17)22-8-7-18-9-15(11-27)12-31-33(18)22;1-5(4(6)7)2-8-3-5;/h8-10,12,14-15,19,21,27,41H,4-7,11,16-18H2,1-3H3,(H,34,37)(H,35,40);7-10,12-13,16-17,23,35H,3-6,14,28H2,1-2H3,(H,29,32)(H,30,34);2-3H2,1H3,(H,6,7);1H/t19?,21?,27-;16?,17?,23-;;/m11../s1. The normalized spacial score (nSPS) is 20.2. The fraction of sp³-hybridized carbons (Fsp3) is 0.508. The molecule has 22 nitrogen and oxygen atoms in total. The third-order valence-corrected chi connectivity index (χ3v) is 16.2. The van der Waals surface area contributed by atoms with Gasteiger partial charge in [0.05, 0.1) is 136 Å². The van der Waals surface area contributed by atoms with Gasteiger partial charge in [-0.2, -0.15) is 20.7 Å². The van der Waals surface area contributed by atoms with E-state index in [1.165, 1.54) is 52.5 Å². The van der Waals surface area contributed by atoms with Gasteiger partial charge in [-0.3, -0.25) is 29.1 Å². The number of carbonyl (C=O) groups excluding carboxylic acids is 3.